The van der Waals surface area contributed by atoms with E-state index < -0.39 is 12.1 Å². The standard InChI is InChI=1S/C10H13NO3/c1-3-4-5-6-11-8(7-12)9(14-2)10(11)13/h1,7-9H,4-6H2,2H3/t8-,9+/m0/s1. The molecule has 4 heteroatoms. The Balaban J connectivity index is 2.43. The SMILES string of the molecule is C#CCCCN1C(=O)[C@H](OC)[C@@H]1C=O. The number of likely N-dealkylation sites (tertiary alicyclic amines) is 1. The molecular formula is C10H13NO3. The number of methoxy groups -OCH3 is 1. The molecule has 0 N–H and O–H groups in total. The van der Waals surface area contributed by atoms with Crippen molar-refractivity contribution in [2.24, 2.45) is 0 Å². The Morgan fingerprint density at radius 1 is 1.71 bits per heavy atom. The van der Waals surface area contributed by atoms with Crippen LogP contribution in [0.25, 0.3) is 0 Å². The smallest absolute Gasteiger partial charge is 0.255 e. The zero-order chi connectivity index (χ0) is 10.6. The predicted octanol–water partition coefficient (Wildman–Crippen LogP) is -0.176. The van der Waals surface area contributed by atoms with Gasteiger partial charge in [0.1, 0.15) is 12.3 Å². The van der Waals surface area contributed by atoms with Gasteiger partial charge in [0.15, 0.2) is 6.10 Å². The van der Waals surface area contributed by atoms with Crippen molar-refractivity contribution in [2.75, 3.05) is 13.7 Å². The highest BCUT2D eigenvalue weighted by atomic mass is 16.5. The summed E-state index contributed by atoms with van der Waals surface area (Å²) in [7, 11) is 1.43. The van der Waals surface area contributed by atoms with E-state index in [1.165, 1.54) is 12.0 Å². The van der Waals surface area contributed by atoms with Crippen LogP contribution in [0.15, 0.2) is 0 Å². The van der Waals surface area contributed by atoms with E-state index in [1.807, 2.05) is 0 Å². The van der Waals surface area contributed by atoms with Gasteiger partial charge in [-0.2, -0.15) is 0 Å². The lowest BCUT2D eigenvalue weighted by Gasteiger charge is -2.43. The van der Waals surface area contributed by atoms with Crippen LogP contribution in [0, 0.1) is 12.3 Å². The maximum absolute atomic E-state index is 11.3. The lowest BCUT2D eigenvalue weighted by atomic mass is 9.99. The molecule has 0 spiro atoms. The number of hydrogen-bond acceptors (Lipinski definition) is 3. The van der Waals surface area contributed by atoms with Crippen LogP contribution in [0.4, 0.5) is 0 Å². The second-order valence-corrected chi connectivity index (χ2v) is 3.12. The first-order valence-corrected chi connectivity index (χ1v) is 4.48. The molecule has 0 aromatic heterocycles. The van der Waals surface area contributed by atoms with Gasteiger partial charge in [0, 0.05) is 20.1 Å². The summed E-state index contributed by atoms with van der Waals surface area (Å²) in [5.41, 5.74) is 0. The minimum Gasteiger partial charge on any atom is -0.369 e. The molecule has 1 heterocycles. The number of rotatable bonds is 5. The Labute approximate surface area is 83.2 Å². The van der Waals surface area contributed by atoms with Gasteiger partial charge in [-0.3, -0.25) is 4.79 Å². The number of aldehydes is 1. The third-order valence-corrected chi connectivity index (χ3v) is 2.31. The van der Waals surface area contributed by atoms with Crippen LogP contribution in [-0.4, -0.2) is 42.9 Å². The summed E-state index contributed by atoms with van der Waals surface area (Å²) in [6.45, 7) is 0.534. The van der Waals surface area contributed by atoms with E-state index in [0.29, 0.717) is 13.0 Å². The number of terminal acetylenes is 1. The Morgan fingerprint density at radius 3 is 2.93 bits per heavy atom. The van der Waals surface area contributed by atoms with Crippen LogP contribution in [0.1, 0.15) is 12.8 Å². The van der Waals surface area contributed by atoms with E-state index in [-0.39, 0.29) is 5.91 Å². The summed E-state index contributed by atoms with van der Waals surface area (Å²) >= 11 is 0. The molecular weight excluding hydrogens is 182 g/mol. The summed E-state index contributed by atoms with van der Waals surface area (Å²) in [5.74, 6) is 2.36. The van der Waals surface area contributed by atoms with Crippen molar-refractivity contribution in [3.63, 3.8) is 0 Å². The average molecular weight is 195 g/mol. The molecule has 1 aliphatic heterocycles. The molecule has 1 saturated heterocycles. The molecule has 0 aliphatic carbocycles. The van der Waals surface area contributed by atoms with Crippen molar-refractivity contribution in [2.45, 2.75) is 25.0 Å². The number of ether oxygens (including phenoxy) is 1. The fraction of sp³-hybridized carbons (Fsp3) is 0.600. The average Bonchev–Trinajstić information content (AvgIpc) is 2.20. The lowest BCUT2D eigenvalue weighted by Crippen LogP contribution is -2.66. The zero-order valence-corrected chi connectivity index (χ0v) is 8.10. The normalized spacial score (nSPS) is 25.4. The van der Waals surface area contributed by atoms with Crippen LogP contribution < -0.4 is 0 Å². The van der Waals surface area contributed by atoms with E-state index in [1.54, 1.807) is 0 Å². The minimum absolute atomic E-state index is 0.123. The summed E-state index contributed by atoms with van der Waals surface area (Å²) in [6, 6.07) is -0.426. The van der Waals surface area contributed by atoms with Crippen molar-refractivity contribution in [3.8, 4) is 12.3 Å². The fourth-order valence-corrected chi connectivity index (χ4v) is 1.53. The number of unbranched alkanes of at least 4 members (excludes halogenated alkanes) is 1. The van der Waals surface area contributed by atoms with Crippen molar-refractivity contribution in [1.82, 2.24) is 4.90 Å². The number of carbonyl (C=O) groups excluding carboxylic acids is 2. The number of β-lactam (4-membered cyclic amide) rings is 1. The monoisotopic (exact) mass is 195 g/mol. The molecule has 4 nitrogen and oxygen atoms in total. The number of nitrogens with zero attached hydrogens (tertiary/aromatic N) is 1. The first-order chi connectivity index (χ1) is 6.76. The maximum atomic E-state index is 11.3. The van der Waals surface area contributed by atoms with Crippen molar-refractivity contribution >= 4 is 12.2 Å². The van der Waals surface area contributed by atoms with E-state index in [2.05, 4.69) is 5.92 Å². The highest BCUT2D eigenvalue weighted by Crippen LogP contribution is 2.21. The molecule has 0 unspecified atom stereocenters. The highest BCUT2D eigenvalue weighted by Gasteiger charge is 2.46. The molecule has 1 amide bonds. The Kier molecular flexibility index (Phi) is 3.66. The fourth-order valence-electron chi connectivity index (χ4n) is 1.53. The van der Waals surface area contributed by atoms with Crippen LogP contribution in [0.5, 0.6) is 0 Å². The Bertz CT molecular complexity index is 269. The van der Waals surface area contributed by atoms with Gasteiger partial charge in [0.25, 0.3) is 5.91 Å². The molecule has 1 fully saturated rings. The molecule has 1 rings (SSSR count). The Morgan fingerprint density at radius 2 is 2.43 bits per heavy atom. The van der Waals surface area contributed by atoms with Crippen molar-refractivity contribution < 1.29 is 14.3 Å². The summed E-state index contributed by atoms with van der Waals surface area (Å²) in [5, 5.41) is 0. The molecule has 76 valence electrons. The van der Waals surface area contributed by atoms with Gasteiger partial charge in [0.2, 0.25) is 0 Å². The largest absolute Gasteiger partial charge is 0.369 e. The molecule has 0 aromatic carbocycles. The molecule has 0 bridgehead atoms. The third kappa shape index (κ3) is 1.78. The quantitative estimate of drug-likeness (QED) is 0.265. The molecule has 0 saturated carbocycles. The second kappa shape index (κ2) is 4.77. The van der Waals surface area contributed by atoms with Gasteiger partial charge in [-0.05, 0) is 6.42 Å². The summed E-state index contributed by atoms with van der Waals surface area (Å²) in [4.78, 5) is 23.5. The number of amides is 1. The van der Waals surface area contributed by atoms with Gasteiger partial charge in [-0.1, -0.05) is 0 Å². The zero-order valence-electron chi connectivity index (χ0n) is 8.10. The molecule has 14 heavy (non-hydrogen) atoms. The summed E-state index contributed by atoms with van der Waals surface area (Å²) < 4.78 is 4.88. The topological polar surface area (TPSA) is 46.6 Å². The minimum atomic E-state index is -0.585. The third-order valence-electron chi connectivity index (χ3n) is 2.31. The summed E-state index contributed by atoms with van der Waals surface area (Å²) in [6.07, 6.45) is 6.58. The van der Waals surface area contributed by atoms with Gasteiger partial charge in [-0.25, -0.2) is 0 Å². The molecule has 2 atom stereocenters. The molecule has 0 radical (unpaired) electrons. The highest BCUT2D eigenvalue weighted by molar-refractivity contribution is 5.95. The van der Waals surface area contributed by atoms with Gasteiger partial charge in [-0.15, -0.1) is 12.3 Å². The van der Waals surface area contributed by atoms with Crippen LogP contribution in [0.2, 0.25) is 0 Å². The predicted molar refractivity (Wildman–Crippen MR) is 50.4 cm³/mol. The Hall–Kier alpha value is -1.34. The maximum Gasteiger partial charge on any atom is 0.255 e. The van der Waals surface area contributed by atoms with Crippen molar-refractivity contribution in [3.05, 3.63) is 0 Å². The van der Waals surface area contributed by atoms with Crippen molar-refractivity contribution in [1.29, 1.82) is 0 Å². The van der Waals surface area contributed by atoms with E-state index in [9.17, 15) is 9.59 Å². The van der Waals surface area contributed by atoms with Crippen LogP contribution >= 0.6 is 0 Å². The van der Waals surface area contributed by atoms with E-state index >= 15 is 0 Å². The molecule has 1 aliphatic rings. The van der Waals surface area contributed by atoms with Gasteiger partial charge < -0.3 is 14.4 Å². The van der Waals surface area contributed by atoms with Crippen LogP contribution in [0.3, 0.4) is 0 Å². The first-order valence-electron chi connectivity index (χ1n) is 4.48. The number of hydrogen-bond donors (Lipinski definition) is 0. The molecule has 0 aromatic rings. The lowest BCUT2D eigenvalue weighted by molar-refractivity contribution is -0.171. The van der Waals surface area contributed by atoms with Gasteiger partial charge in [0.05, 0.1) is 0 Å². The van der Waals surface area contributed by atoms with E-state index in [0.717, 1.165) is 12.7 Å². The number of carbonyl (C=O) groups is 2. The van der Waals surface area contributed by atoms with E-state index in [4.69, 9.17) is 11.2 Å². The van der Waals surface area contributed by atoms with Gasteiger partial charge >= 0.3 is 0 Å². The first kappa shape index (κ1) is 10.7. The second-order valence-electron chi connectivity index (χ2n) is 3.12. The van der Waals surface area contributed by atoms with Crippen LogP contribution in [-0.2, 0) is 14.3 Å².